The Morgan fingerprint density at radius 3 is 2.39 bits per heavy atom. The predicted octanol–water partition coefficient (Wildman–Crippen LogP) is 3.18. The number of ether oxygens (including phenoxy) is 2. The lowest BCUT2D eigenvalue weighted by molar-refractivity contribution is 0.184. The second-order valence-electron chi connectivity index (χ2n) is 6.66. The zero-order valence-electron chi connectivity index (χ0n) is 14.6. The second-order valence-corrected chi connectivity index (χ2v) is 6.66. The Hall–Kier alpha value is -1.91. The SMILES string of the molecule is COc1ccc(C(C)(C)CNC(=O)N2CCCCC2)cc1OC. The quantitative estimate of drug-likeness (QED) is 0.906. The van der Waals surface area contributed by atoms with Crippen LogP contribution in [0.1, 0.15) is 38.7 Å². The van der Waals surface area contributed by atoms with Crippen molar-refractivity contribution in [1.29, 1.82) is 0 Å². The van der Waals surface area contributed by atoms with Crippen LogP contribution in [0.15, 0.2) is 18.2 Å². The van der Waals surface area contributed by atoms with E-state index in [2.05, 4.69) is 19.2 Å². The van der Waals surface area contributed by atoms with Crippen LogP contribution >= 0.6 is 0 Å². The maximum absolute atomic E-state index is 12.3. The van der Waals surface area contributed by atoms with Gasteiger partial charge in [-0.3, -0.25) is 0 Å². The summed E-state index contributed by atoms with van der Waals surface area (Å²) in [5, 5.41) is 3.07. The number of benzene rings is 1. The van der Waals surface area contributed by atoms with Crippen LogP contribution in [0, 0.1) is 0 Å². The van der Waals surface area contributed by atoms with Gasteiger partial charge in [-0.25, -0.2) is 4.79 Å². The summed E-state index contributed by atoms with van der Waals surface area (Å²) in [6.07, 6.45) is 3.43. The van der Waals surface area contributed by atoms with Crippen LogP contribution in [0.4, 0.5) is 4.79 Å². The minimum atomic E-state index is -0.189. The third-order valence-electron chi connectivity index (χ3n) is 4.49. The molecule has 1 aromatic carbocycles. The fraction of sp³-hybridized carbons (Fsp3) is 0.611. The highest BCUT2D eigenvalue weighted by atomic mass is 16.5. The van der Waals surface area contributed by atoms with Crippen molar-refractivity contribution in [2.24, 2.45) is 0 Å². The molecule has 0 saturated carbocycles. The maximum Gasteiger partial charge on any atom is 0.317 e. The molecule has 1 fully saturated rings. The van der Waals surface area contributed by atoms with Crippen LogP contribution in [-0.2, 0) is 5.41 Å². The lowest BCUT2D eigenvalue weighted by Crippen LogP contribution is -2.46. The molecule has 1 aliphatic rings. The fourth-order valence-corrected chi connectivity index (χ4v) is 2.86. The van der Waals surface area contributed by atoms with E-state index in [0.717, 1.165) is 31.5 Å². The molecule has 2 rings (SSSR count). The van der Waals surface area contributed by atoms with Crippen LogP contribution in [0.25, 0.3) is 0 Å². The van der Waals surface area contributed by atoms with E-state index in [0.29, 0.717) is 18.0 Å². The normalized spacial score (nSPS) is 15.2. The van der Waals surface area contributed by atoms with E-state index in [1.807, 2.05) is 23.1 Å². The molecule has 1 aliphatic heterocycles. The van der Waals surface area contributed by atoms with Gasteiger partial charge in [0.05, 0.1) is 14.2 Å². The van der Waals surface area contributed by atoms with E-state index in [4.69, 9.17) is 9.47 Å². The van der Waals surface area contributed by atoms with Gasteiger partial charge < -0.3 is 19.7 Å². The third kappa shape index (κ3) is 4.30. The number of amides is 2. The number of urea groups is 1. The third-order valence-corrected chi connectivity index (χ3v) is 4.49. The minimum Gasteiger partial charge on any atom is -0.493 e. The number of piperidine rings is 1. The first-order valence-corrected chi connectivity index (χ1v) is 8.23. The number of rotatable bonds is 5. The predicted molar refractivity (Wildman–Crippen MR) is 91.4 cm³/mol. The van der Waals surface area contributed by atoms with Crippen LogP contribution in [-0.4, -0.2) is 44.8 Å². The topological polar surface area (TPSA) is 50.8 Å². The maximum atomic E-state index is 12.3. The lowest BCUT2D eigenvalue weighted by Gasteiger charge is -2.30. The van der Waals surface area contributed by atoms with E-state index in [9.17, 15) is 4.79 Å². The number of hydrogen-bond donors (Lipinski definition) is 1. The van der Waals surface area contributed by atoms with Crippen molar-refractivity contribution in [3.8, 4) is 11.5 Å². The number of hydrogen-bond acceptors (Lipinski definition) is 3. The van der Waals surface area contributed by atoms with E-state index in [-0.39, 0.29) is 11.4 Å². The van der Waals surface area contributed by atoms with Gasteiger partial charge in [0.1, 0.15) is 0 Å². The van der Waals surface area contributed by atoms with Crippen LogP contribution in [0.5, 0.6) is 11.5 Å². The molecule has 0 atom stereocenters. The van der Waals surface area contributed by atoms with Crippen molar-refractivity contribution in [2.75, 3.05) is 33.9 Å². The Labute approximate surface area is 139 Å². The summed E-state index contributed by atoms with van der Waals surface area (Å²) in [6.45, 7) is 6.54. The average Bonchev–Trinajstić information content (AvgIpc) is 2.59. The monoisotopic (exact) mass is 320 g/mol. The molecule has 1 N–H and O–H groups in total. The summed E-state index contributed by atoms with van der Waals surface area (Å²) in [5.74, 6) is 1.42. The van der Waals surface area contributed by atoms with Crippen LogP contribution in [0.3, 0.4) is 0 Å². The molecule has 5 nitrogen and oxygen atoms in total. The number of nitrogens with one attached hydrogen (secondary N) is 1. The number of nitrogens with zero attached hydrogens (tertiary/aromatic N) is 1. The number of likely N-dealkylation sites (tertiary alicyclic amines) is 1. The molecule has 1 heterocycles. The van der Waals surface area contributed by atoms with Gasteiger partial charge in [0.15, 0.2) is 11.5 Å². The molecule has 128 valence electrons. The molecule has 23 heavy (non-hydrogen) atoms. The Bertz CT molecular complexity index is 537. The highest BCUT2D eigenvalue weighted by molar-refractivity contribution is 5.74. The molecular formula is C18H28N2O3. The molecule has 0 unspecified atom stereocenters. The minimum absolute atomic E-state index is 0.0400. The van der Waals surface area contributed by atoms with Gasteiger partial charge in [0.25, 0.3) is 0 Å². The second kappa shape index (κ2) is 7.57. The van der Waals surface area contributed by atoms with Crippen molar-refractivity contribution in [3.05, 3.63) is 23.8 Å². The Kier molecular flexibility index (Phi) is 5.74. The highest BCUT2D eigenvalue weighted by Gasteiger charge is 2.24. The van der Waals surface area contributed by atoms with Crippen molar-refractivity contribution in [3.63, 3.8) is 0 Å². The summed E-state index contributed by atoms with van der Waals surface area (Å²) < 4.78 is 10.7. The average molecular weight is 320 g/mol. The van der Waals surface area contributed by atoms with Crippen molar-refractivity contribution >= 4 is 6.03 Å². The largest absolute Gasteiger partial charge is 0.493 e. The molecule has 0 radical (unpaired) electrons. The molecule has 1 aromatic rings. The standard InChI is InChI=1S/C18H28N2O3/c1-18(2,13-19-17(21)20-10-6-5-7-11-20)14-8-9-15(22-3)16(12-14)23-4/h8-9,12H,5-7,10-11,13H2,1-4H3,(H,19,21). The highest BCUT2D eigenvalue weighted by Crippen LogP contribution is 2.32. The molecule has 0 aliphatic carbocycles. The van der Waals surface area contributed by atoms with E-state index < -0.39 is 0 Å². The Balaban J connectivity index is 2.01. The fourth-order valence-electron chi connectivity index (χ4n) is 2.86. The van der Waals surface area contributed by atoms with Gasteiger partial charge in [0, 0.05) is 25.0 Å². The molecule has 2 amide bonds. The number of methoxy groups -OCH3 is 2. The van der Waals surface area contributed by atoms with Gasteiger partial charge in [-0.15, -0.1) is 0 Å². The summed E-state index contributed by atoms with van der Waals surface area (Å²) >= 11 is 0. The smallest absolute Gasteiger partial charge is 0.317 e. The van der Waals surface area contributed by atoms with Gasteiger partial charge in [-0.05, 0) is 37.0 Å². The Morgan fingerprint density at radius 1 is 1.13 bits per heavy atom. The first-order valence-electron chi connectivity index (χ1n) is 8.23. The van der Waals surface area contributed by atoms with E-state index in [1.165, 1.54) is 6.42 Å². The van der Waals surface area contributed by atoms with Crippen LogP contribution < -0.4 is 14.8 Å². The van der Waals surface area contributed by atoms with Crippen LogP contribution in [0.2, 0.25) is 0 Å². The van der Waals surface area contributed by atoms with Crippen molar-refractivity contribution in [2.45, 2.75) is 38.5 Å². The van der Waals surface area contributed by atoms with Crippen molar-refractivity contribution < 1.29 is 14.3 Å². The lowest BCUT2D eigenvalue weighted by atomic mass is 9.84. The Morgan fingerprint density at radius 2 is 1.78 bits per heavy atom. The van der Waals surface area contributed by atoms with Gasteiger partial charge in [0.2, 0.25) is 0 Å². The molecule has 0 aromatic heterocycles. The van der Waals surface area contributed by atoms with Crippen molar-refractivity contribution in [1.82, 2.24) is 10.2 Å². The first kappa shape index (κ1) is 17.4. The van der Waals surface area contributed by atoms with E-state index in [1.54, 1.807) is 14.2 Å². The molecule has 5 heteroatoms. The van der Waals surface area contributed by atoms with Gasteiger partial charge >= 0.3 is 6.03 Å². The first-order chi connectivity index (χ1) is 11.0. The number of carbonyl (C=O) groups is 1. The zero-order valence-corrected chi connectivity index (χ0v) is 14.6. The molecular weight excluding hydrogens is 292 g/mol. The van der Waals surface area contributed by atoms with E-state index >= 15 is 0 Å². The summed E-state index contributed by atoms with van der Waals surface area (Å²) in [6, 6.07) is 5.95. The zero-order chi connectivity index (χ0) is 16.9. The summed E-state index contributed by atoms with van der Waals surface area (Å²) in [5.41, 5.74) is 0.916. The summed E-state index contributed by atoms with van der Waals surface area (Å²) in [7, 11) is 3.26. The summed E-state index contributed by atoms with van der Waals surface area (Å²) in [4.78, 5) is 14.2. The molecule has 0 spiro atoms. The molecule has 1 saturated heterocycles. The number of carbonyl (C=O) groups excluding carboxylic acids is 1. The molecule has 0 bridgehead atoms. The van der Waals surface area contributed by atoms with Gasteiger partial charge in [-0.1, -0.05) is 19.9 Å². The van der Waals surface area contributed by atoms with Gasteiger partial charge in [-0.2, -0.15) is 0 Å².